The van der Waals surface area contributed by atoms with Crippen LogP contribution < -0.4 is 5.32 Å². The summed E-state index contributed by atoms with van der Waals surface area (Å²) in [5, 5.41) is 12.3. The summed E-state index contributed by atoms with van der Waals surface area (Å²) in [5.74, 6) is -2.08. The molecule has 1 heterocycles. The Morgan fingerprint density at radius 2 is 1.88 bits per heavy atom. The second kappa shape index (κ2) is 7.66. The summed E-state index contributed by atoms with van der Waals surface area (Å²) >= 11 is 5.79. The normalized spacial score (nSPS) is 21.9. The van der Waals surface area contributed by atoms with Gasteiger partial charge in [-0.2, -0.15) is 0 Å². The van der Waals surface area contributed by atoms with E-state index in [0.717, 1.165) is 0 Å². The van der Waals surface area contributed by atoms with Crippen molar-refractivity contribution in [3.63, 3.8) is 0 Å². The molecule has 0 saturated carbocycles. The lowest BCUT2D eigenvalue weighted by atomic mass is 9.93. The zero-order valence-electron chi connectivity index (χ0n) is 13.7. The molecule has 2 amide bonds. The fourth-order valence-electron chi connectivity index (χ4n) is 2.81. The fourth-order valence-corrected chi connectivity index (χ4v) is 2.93. The number of piperidine rings is 1. The Morgan fingerprint density at radius 1 is 1.25 bits per heavy atom. The van der Waals surface area contributed by atoms with E-state index in [9.17, 15) is 14.4 Å². The quantitative estimate of drug-likeness (QED) is 0.869. The average molecular weight is 353 g/mol. The molecule has 0 spiro atoms. The summed E-state index contributed by atoms with van der Waals surface area (Å²) in [4.78, 5) is 37.5. The van der Waals surface area contributed by atoms with Crippen LogP contribution >= 0.6 is 11.6 Å². The Kier molecular flexibility index (Phi) is 5.83. The van der Waals surface area contributed by atoms with Gasteiger partial charge in [-0.3, -0.25) is 14.4 Å². The molecule has 2 rings (SSSR count). The minimum Gasteiger partial charge on any atom is -0.481 e. The molecule has 0 aromatic heterocycles. The zero-order valence-corrected chi connectivity index (χ0v) is 14.4. The lowest BCUT2D eigenvalue weighted by Gasteiger charge is -2.38. The van der Waals surface area contributed by atoms with E-state index in [0.29, 0.717) is 23.4 Å². The predicted octanol–water partition coefficient (Wildman–Crippen LogP) is 2.17. The van der Waals surface area contributed by atoms with E-state index in [2.05, 4.69) is 5.32 Å². The summed E-state index contributed by atoms with van der Waals surface area (Å²) in [5.41, 5.74) is 0.411. The molecule has 2 N–H and O–H groups in total. The number of hydrogen-bond donors (Lipinski definition) is 2. The molecule has 3 unspecified atom stereocenters. The fraction of sp³-hybridized carbons (Fsp3) is 0.471. The van der Waals surface area contributed by atoms with Crippen LogP contribution in [0.2, 0.25) is 5.02 Å². The van der Waals surface area contributed by atoms with Crippen molar-refractivity contribution in [1.82, 2.24) is 10.2 Å². The van der Waals surface area contributed by atoms with Crippen molar-refractivity contribution in [2.45, 2.75) is 38.8 Å². The standard InChI is InChI=1S/C17H21ClN2O4/c1-10-3-4-13(17(23)24)9-20(10)16(22)11(2)19-15(21)12-5-7-14(18)8-6-12/h5-8,10-11,13H,3-4,9H2,1-2H3,(H,19,21)(H,23,24). The van der Waals surface area contributed by atoms with Gasteiger partial charge in [-0.05, 0) is 51.0 Å². The van der Waals surface area contributed by atoms with Gasteiger partial charge in [0.2, 0.25) is 5.91 Å². The van der Waals surface area contributed by atoms with Gasteiger partial charge in [0.05, 0.1) is 5.92 Å². The number of nitrogens with one attached hydrogen (secondary N) is 1. The van der Waals surface area contributed by atoms with E-state index in [1.807, 2.05) is 6.92 Å². The summed E-state index contributed by atoms with van der Waals surface area (Å²) in [7, 11) is 0. The Balaban J connectivity index is 2.01. The van der Waals surface area contributed by atoms with Gasteiger partial charge in [0.1, 0.15) is 6.04 Å². The molecule has 24 heavy (non-hydrogen) atoms. The molecular formula is C17H21ClN2O4. The summed E-state index contributed by atoms with van der Waals surface area (Å²) < 4.78 is 0. The smallest absolute Gasteiger partial charge is 0.308 e. The van der Waals surface area contributed by atoms with Crippen molar-refractivity contribution in [3.8, 4) is 0 Å². The molecule has 1 aromatic carbocycles. The van der Waals surface area contributed by atoms with E-state index in [1.165, 1.54) is 0 Å². The Hall–Kier alpha value is -2.08. The lowest BCUT2D eigenvalue weighted by molar-refractivity contribution is -0.147. The predicted molar refractivity (Wildman–Crippen MR) is 89.9 cm³/mol. The van der Waals surface area contributed by atoms with Crippen LogP contribution in [-0.4, -0.2) is 46.4 Å². The molecule has 1 aromatic rings. The molecule has 1 aliphatic heterocycles. The highest BCUT2D eigenvalue weighted by molar-refractivity contribution is 6.30. The lowest BCUT2D eigenvalue weighted by Crippen LogP contribution is -2.54. The monoisotopic (exact) mass is 352 g/mol. The molecule has 0 aliphatic carbocycles. The van der Waals surface area contributed by atoms with Gasteiger partial charge in [0.25, 0.3) is 5.91 Å². The van der Waals surface area contributed by atoms with Crippen molar-refractivity contribution in [2.24, 2.45) is 5.92 Å². The van der Waals surface area contributed by atoms with Crippen LogP contribution in [0.4, 0.5) is 0 Å². The summed E-state index contributed by atoms with van der Waals surface area (Å²) in [6.07, 6.45) is 1.20. The first kappa shape index (κ1) is 18.3. The number of benzene rings is 1. The van der Waals surface area contributed by atoms with E-state index in [-0.39, 0.29) is 24.4 Å². The first-order valence-corrected chi connectivity index (χ1v) is 8.27. The Morgan fingerprint density at radius 3 is 2.46 bits per heavy atom. The maximum Gasteiger partial charge on any atom is 0.308 e. The highest BCUT2D eigenvalue weighted by atomic mass is 35.5. The van der Waals surface area contributed by atoms with E-state index < -0.39 is 17.9 Å². The molecule has 1 fully saturated rings. The summed E-state index contributed by atoms with van der Waals surface area (Å²) in [6, 6.07) is 5.60. The molecular weight excluding hydrogens is 332 g/mol. The average Bonchev–Trinajstić information content (AvgIpc) is 2.54. The van der Waals surface area contributed by atoms with Gasteiger partial charge in [-0.1, -0.05) is 11.6 Å². The van der Waals surface area contributed by atoms with Crippen molar-refractivity contribution in [1.29, 1.82) is 0 Å². The third-order valence-corrected chi connectivity index (χ3v) is 4.59. The molecule has 6 nitrogen and oxygen atoms in total. The molecule has 3 atom stereocenters. The van der Waals surface area contributed by atoms with Gasteiger partial charge in [0, 0.05) is 23.2 Å². The second-order valence-electron chi connectivity index (χ2n) is 6.15. The largest absolute Gasteiger partial charge is 0.481 e. The van der Waals surface area contributed by atoms with E-state index >= 15 is 0 Å². The number of likely N-dealkylation sites (tertiary alicyclic amines) is 1. The van der Waals surface area contributed by atoms with Gasteiger partial charge >= 0.3 is 5.97 Å². The first-order valence-electron chi connectivity index (χ1n) is 7.89. The van der Waals surface area contributed by atoms with Crippen LogP contribution in [0, 0.1) is 5.92 Å². The van der Waals surface area contributed by atoms with Gasteiger partial charge < -0.3 is 15.3 Å². The highest BCUT2D eigenvalue weighted by Crippen LogP contribution is 2.23. The number of halogens is 1. The Labute approximate surface area is 145 Å². The number of aliphatic carboxylic acids is 1. The molecule has 0 radical (unpaired) electrons. The van der Waals surface area contributed by atoms with E-state index in [4.69, 9.17) is 16.7 Å². The van der Waals surface area contributed by atoms with Crippen LogP contribution in [0.1, 0.15) is 37.0 Å². The third kappa shape index (κ3) is 4.26. The molecule has 7 heteroatoms. The van der Waals surface area contributed by atoms with E-state index in [1.54, 1.807) is 36.1 Å². The number of hydrogen-bond acceptors (Lipinski definition) is 3. The van der Waals surface area contributed by atoms with Crippen LogP contribution in [0.5, 0.6) is 0 Å². The van der Waals surface area contributed by atoms with Crippen molar-refractivity contribution >= 4 is 29.4 Å². The van der Waals surface area contributed by atoms with Crippen molar-refractivity contribution in [3.05, 3.63) is 34.9 Å². The topological polar surface area (TPSA) is 86.7 Å². The minimum absolute atomic E-state index is 0.0389. The van der Waals surface area contributed by atoms with Crippen molar-refractivity contribution < 1.29 is 19.5 Å². The number of nitrogens with zero attached hydrogens (tertiary/aromatic N) is 1. The first-order chi connectivity index (χ1) is 11.3. The van der Waals surface area contributed by atoms with Crippen LogP contribution in [-0.2, 0) is 9.59 Å². The number of carboxylic acid groups (broad SMARTS) is 1. The number of carboxylic acids is 1. The third-order valence-electron chi connectivity index (χ3n) is 4.34. The number of amides is 2. The second-order valence-corrected chi connectivity index (χ2v) is 6.59. The maximum absolute atomic E-state index is 12.6. The molecule has 0 bridgehead atoms. The highest BCUT2D eigenvalue weighted by Gasteiger charge is 2.34. The van der Waals surface area contributed by atoms with Gasteiger partial charge in [-0.15, -0.1) is 0 Å². The SMILES string of the molecule is CC(NC(=O)c1ccc(Cl)cc1)C(=O)N1CC(C(=O)O)CCC1C. The minimum atomic E-state index is -0.891. The Bertz CT molecular complexity index is 632. The molecule has 1 aliphatic rings. The summed E-state index contributed by atoms with van der Waals surface area (Å²) in [6.45, 7) is 3.67. The molecule has 1 saturated heterocycles. The van der Waals surface area contributed by atoms with Crippen molar-refractivity contribution in [2.75, 3.05) is 6.54 Å². The molecule has 130 valence electrons. The van der Waals surface area contributed by atoms with Crippen LogP contribution in [0.3, 0.4) is 0 Å². The van der Waals surface area contributed by atoms with Gasteiger partial charge in [-0.25, -0.2) is 0 Å². The van der Waals surface area contributed by atoms with Crippen LogP contribution in [0.15, 0.2) is 24.3 Å². The number of rotatable bonds is 4. The number of carbonyl (C=O) groups is 3. The van der Waals surface area contributed by atoms with Gasteiger partial charge in [0.15, 0.2) is 0 Å². The number of carbonyl (C=O) groups excluding carboxylic acids is 2. The van der Waals surface area contributed by atoms with Crippen LogP contribution in [0.25, 0.3) is 0 Å². The zero-order chi connectivity index (χ0) is 17.9. The maximum atomic E-state index is 12.6.